The Balaban J connectivity index is 2.47. The number of thiol groups is 1. The van der Waals surface area contributed by atoms with Gasteiger partial charge in [-0.05, 0) is 16.3 Å². The Kier molecular flexibility index (Phi) is 3.27. The van der Waals surface area contributed by atoms with Gasteiger partial charge in [0.15, 0.2) is 5.12 Å². The molecule has 0 unspecified atom stereocenters. The summed E-state index contributed by atoms with van der Waals surface area (Å²) in [5.74, 6) is 0. The number of carbonyl (C=O) groups is 1. The van der Waals surface area contributed by atoms with E-state index in [1.54, 1.807) is 0 Å². The highest BCUT2D eigenvalue weighted by molar-refractivity contribution is 7.96. The van der Waals surface area contributed by atoms with E-state index >= 15 is 0 Å². The molecule has 0 aliphatic heterocycles. The molecule has 0 spiro atoms. The van der Waals surface area contributed by atoms with Crippen LogP contribution in [0.5, 0.6) is 0 Å². The van der Waals surface area contributed by atoms with Gasteiger partial charge in [0.1, 0.15) is 0 Å². The standard InChI is InChI=1S/C13H12O2S/c14-12(8-13(15)16)11-7-3-5-9-4-1-2-6-10(9)11/h1-7,12,14H,8H2,(H,15,16)/t12-/m1/s1. The van der Waals surface area contributed by atoms with Crippen molar-refractivity contribution in [2.75, 3.05) is 0 Å². The van der Waals surface area contributed by atoms with Crippen molar-refractivity contribution in [3.63, 3.8) is 0 Å². The molecule has 0 fully saturated rings. The Morgan fingerprint density at radius 1 is 1.19 bits per heavy atom. The molecule has 0 amide bonds. The SMILES string of the molecule is O=C(S)C[C@@H](O)c1cccc2ccccc12. The van der Waals surface area contributed by atoms with Crippen LogP contribution in [0.3, 0.4) is 0 Å². The molecule has 82 valence electrons. The van der Waals surface area contributed by atoms with Crippen LogP contribution in [-0.2, 0) is 4.79 Å². The van der Waals surface area contributed by atoms with Gasteiger partial charge in [-0.25, -0.2) is 0 Å². The largest absolute Gasteiger partial charge is 0.388 e. The van der Waals surface area contributed by atoms with Crippen LogP contribution in [0.4, 0.5) is 0 Å². The van der Waals surface area contributed by atoms with Gasteiger partial charge in [-0.3, -0.25) is 4.79 Å². The average Bonchev–Trinajstić information content (AvgIpc) is 2.27. The molecular weight excluding hydrogens is 220 g/mol. The van der Waals surface area contributed by atoms with Crippen LogP contribution in [0.2, 0.25) is 0 Å². The zero-order valence-corrected chi connectivity index (χ0v) is 9.52. The first-order chi connectivity index (χ1) is 7.68. The lowest BCUT2D eigenvalue weighted by molar-refractivity contribution is -0.112. The average molecular weight is 232 g/mol. The normalized spacial score (nSPS) is 12.6. The zero-order valence-electron chi connectivity index (χ0n) is 8.63. The van der Waals surface area contributed by atoms with Gasteiger partial charge in [-0.15, -0.1) is 12.6 Å². The smallest absolute Gasteiger partial charge is 0.188 e. The van der Waals surface area contributed by atoms with Crippen molar-refractivity contribution in [1.82, 2.24) is 0 Å². The maximum absolute atomic E-state index is 10.9. The Morgan fingerprint density at radius 2 is 1.88 bits per heavy atom. The number of hydrogen-bond acceptors (Lipinski definition) is 2. The third-order valence-corrected chi connectivity index (χ3v) is 2.73. The number of hydrogen-bond donors (Lipinski definition) is 2. The predicted octanol–water partition coefficient (Wildman–Crippen LogP) is 2.72. The van der Waals surface area contributed by atoms with Crippen molar-refractivity contribution < 1.29 is 9.90 Å². The van der Waals surface area contributed by atoms with Crippen molar-refractivity contribution in [2.45, 2.75) is 12.5 Å². The van der Waals surface area contributed by atoms with E-state index < -0.39 is 6.10 Å². The van der Waals surface area contributed by atoms with E-state index in [2.05, 4.69) is 12.6 Å². The molecule has 1 atom stereocenters. The summed E-state index contributed by atoms with van der Waals surface area (Å²) in [6, 6.07) is 13.5. The van der Waals surface area contributed by atoms with Gasteiger partial charge in [-0.2, -0.15) is 0 Å². The second-order valence-corrected chi connectivity index (χ2v) is 4.18. The lowest BCUT2D eigenvalue weighted by atomic mass is 9.99. The maximum Gasteiger partial charge on any atom is 0.188 e. The van der Waals surface area contributed by atoms with E-state index in [-0.39, 0.29) is 11.5 Å². The highest BCUT2D eigenvalue weighted by Gasteiger charge is 2.12. The van der Waals surface area contributed by atoms with Crippen LogP contribution >= 0.6 is 12.6 Å². The highest BCUT2D eigenvalue weighted by Crippen LogP contribution is 2.26. The van der Waals surface area contributed by atoms with Gasteiger partial charge in [-0.1, -0.05) is 42.5 Å². The minimum absolute atomic E-state index is 0.0388. The predicted molar refractivity (Wildman–Crippen MR) is 67.5 cm³/mol. The van der Waals surface area contributed by atoms with Crippen LogP contribution in [0, 0.1) is 0 Å². The summed E-state index contributed by atoms with van der Waals surface area (Å²) in [6.45, 7) is 0. The first-order valence-electron chi connectivity index (χ1n) is 5.06. The molecule has 0 heterocycles. The Labute approximate surface area is 99.3 Å². The monoisotopic (exact) mass is 232 g/mol. The fraction of sp³-hybridized carbons (Fsp3) is 0.154. The molecule has 16 heavy (non-hydrogen) atoms. The zero-order chi connectivity index (χ0) is 11.5. The van der Waals surface area contributed by atoms with E-state index in [9.17, 15) is 9.90 Å². The molecule has 0 saturated carbocycles. The molecule has 2 aromatic carbocycles. The minimum atomic E-state index is -0.781. The van der Waals surface area contributed by atoms with Crippen LogP contribution in [0.15, 0.2) is 42.5 Å². The number of aliphatic hydroxyl groups is 1. The molecule has 0 bridgehead atoms. The lowest BCUT2D eigenvalue weighted by Crippen LogP contribution is -2.02. The molecule has 0 aliphatic carbocycles. The van der Waals surface area contributed by atoms with Gasteiger partial charge < -0.3 is 5.11 Å². The summed E-state index contributed by atoms with van der Waals surface area (Å²) >= 11 is 3.68. The van der Waals surface area contributed by atoms with Crippen molar-refractivity contribution >= 4 is 28.5 Å². The maximum atomic E-state index is 10.9. The van der Waals surface area contributed by atoms with Gasteiger partial charge in [0, 0.05) is 6.42 Å². The van der Waals surface area contributed by atoms with E-state index in [0.717, 1.165) is 16.3 Å². The molecule has 0 saturated heterocycles. The van der Waals surface area contributed by atoms with E-state index in [1.165, 1.54) is 0 Å². The van der Waals surface area contributed by atoms with E-state index in [1.807, 2.05) is 42.5 Å². The van der Waals surface area contributed by atoms with Gasteiger partial charge >= 0.3 is 0 Å². The fourth-order valence-corrected chi connectivity index (χ4v) is 1.99. The quantitative estimate of drug-likeness (QED) is 0.798. The first-order valence-corrected chi connectivity index (χ1v) is 5.50. The Hall–Kier alpha value is -1.32. The first kappa shape index (κ1) is 11.2. The number of benzene rings is 2. The number of carbonyl (C=O) groups excluding carboxylic acids is 1. The lowest BCUT2D eigenvalue weighted by Gasteiger charge is -2.11. The van der Waals surface area contributed by atoms with E-state index in [4.69, 9.17) is 0 Å². The Bertz CT molecular complexity index is 517. The van der Waals surface area contributed by atoms with Crippen LogP contribution in [0.25, 0.3) is 10.8 Å². The third-order valence-electron chi connectivity index (χ3n) is 2.55. The topological polar surface area (TPSA) is 37.3 Å². The molecule has 3 heteroatoms. The van der Waals surface area contributed by atoms with Crippen LogP contribution in [0.1, 0.15) is 18.1 Å². The van der Waals surface area contributed by atoms with E-state index in [0.29, 0.717) is 0 Å². The second-order valence-electron chi connectivity index (χ2n) is 3.68. The summed E-state index contributed by atoms with van der Waals surface area (Å²) in [6.07, 6.45) is -0.743. The summed E-state index contributed by atoms with van der Waals surface area (Å²) in [4.78, 5) is 10.9. The minimum Gasteiger partial charge on any atom is -0.388 e. The van der Waals surface area contributed by atoms with Crippen LogP contribution < -0.4 is 0 Å². The summed E-state index contributed by atoms with van der Waals surface area (Å²) in [7, 11) is 0. The second kappa shape index (κ2) is 4.68. The number of fused-ring (bicyclic) bond motifs is 1. The molecule has 2 nitrogen and oxygen atoms in total. The van der Waals surface area contributed by atoms with Crippen molar-refractivity contribution in [3.8, 4) is 0 Å². The van der Waals surface area contributed by atoms with Crippen molar-refractivity contribution in [3.05, 3.63) is 48.0 Å². The molecule has 0 aromatic heterocycles. The summed E-state index contributed by atoms with van der Waals surface area (Å²) in [5.41, 5.74) is 0.778. The molecule has 2 rings (SSSR count). The van der Waals surface area contributed by atoms with Crippen molar-refractivity contribution in [1.29, 1.82) is 0 Å². The molecule has 0 radical (unpaired) electrons. The van der Waals surface area contributed by atoms with Crippen LogP contribution in [-0.4, -0.2) is 10.2 Å². The number of aliphatic hydroxyl groups excluding tert-OH is 1. The fourth-order valence-electron chi connectivity index (χ4n) is 1.82. The Morgan fingerprint density at radius 3 is 2.62 bits per heavy atom. The summed E-state index contributed by atoms with van der Waals surface area (Å²) in [5, 5.41) is 11.7. The number of rotatable bonds is 3. The molecular formula is C13H12O2S. The third kappa shape index (κ3) is 2.26. The highest BCUT2D eigenvalue weighted by atomic mass is 32.1. The van der Waals surface area contributed by atoms with Crippen molar-refractivity contribution in [2.24, 2.45) is 0 Å². The van der Waals surface area contributed by atoms with Gasteiger partial charge in [0.25, 0.3) is 0 Å². The molecule has 2 aromatic rings. The molecule has 1 N–H and O–H groups in total. The summed E-state index contributed by atoms with van der Waals surface area (Å²) < 4.78 is 0. The van der Waals surface area contributed by atoms with Gasteiger partial charge in [0.2, 0.25) is 0 Å². The van der Waals surface area contributed by atoms with Gasteiger partial charge in [0.05, 0.1) is 6.10 Å². The molecule has 0 aliphatic rings.